The maximum atomic E-state index is 12.5. The summed E-state index contributed by atoms with van der Waals surface area (Å²) in [6, 6.07) is -1.01. The standard InChI is InChI=1S/C46H87NO5/c1-3-5-7-9-11-13-15-17-19-21-22-23-24-26-27-29-31-33-35-37-39-43(49)45(51)42(41-48)47-46(52)44(50)40-38-36-34-32-30-28-25-20-18-16-14-12-10-8-6-4-2/h18,20,24,26,31,33,42-45,48-51H,3-17,19,21-23,25,27-30,32,34-41H2,1-2H3,(H,47,52)/b20-18-,26-24+,33-31+. The van der Waals surface area contributed by atoms with Gasteiger partial charge in [0.2, 0.25) is 5.91 Å². The van der Waals surface area contributed by atoms with Gasteiger partial charge in [-0.3, -0.25) is 4.79 Å². The van der Waals surface area contributed by atoms with Crippen LogP contribution in [0.15, 0.2) is 36.5 Å². The van der Waals surface area contributed by atoms with Gasteiger partial charge in [-0.05, 0) is 77.0 Å². The number of amides is 1. The first-order valence-corrected chi connectivity index (χ1v) is 22.4. The largest absolute Gasteiger partial charge is 0.394 e. The van der Waals surface area contributed by atoms with Crippen LogP contribution in [0.4, 0.5) is 0 Å². The second-order valence-electron chi connectivity index (χ2n) is 15.4. The third-order valence-corrected chi connectivity index (χ3v) is 10.3. The van der Waals surface area contributed by atoms with E-state index in [4.69, 9.17) is 0 Å². The van der Waals surface area contributed by atoms with Crippen molar-refractivity contribution in [1.29, 1.82) is 0 Å². The van der Waals surface area contributed by atoms with Crippen molar-refractivity contribution in [2.24, 2.45) is 0 Å². The molecule has 0 radical (unpaired) electrons. The first-order chi connectivity index (χ1) is 25.5. The summed E-state index contributed by atoms with van der Waals surface area (Å²) in [6.07, 6.45) is 47.4. The lowest BCUT2D eigenvalue weighted by Crippen LogP contribution is -2.53. The van der Waals surface area contributed by atoms with Crippen LogP contribution in [0.5, 0.6) is 0 Å². The van der Waals surface area contributed by atoms with Gasteiger partial charge in [0, 0.05) is 0 Å². The predicted octanol–water partition coefficient (Wildman–Crippen LogP) is 11.7. The third kappa shape index (κ3) is 34.3. The molecule has 52 heavy (non-hydrogen) atoms. The summed E-state index contributed by atoms with van der Waals surface area (Å²) in [5.74, 6) is -0.603. The lowest BCUT2D eigenvalue weighted by Gasteiger charge is -2.27. The van der Waals surface area contributed by atoms with Crippen LogP contribution >= 0.6 is 0 Å². The smallest absolute Gasteiger partial charge is 0.249 e. The fourth-order valence-electron chi connectivity index (χ4n) is 6.71. The summed E-state index contributed by atoms with van der Waals surface area (Å²) < 4.78 is 0. The summed E-state index contributed by atoms with van der Waals surface area (Å²) in [6.45, 7) is 4.03. The molecule has 4 atom stereocenters. The predicted molar refractivity (Wildman–Crippen MR) is 224 cm³/mol. The SMILES string of the molecule is CCCCCCCC/C=C\CCCCCCCCC(O)C(=O)NC(CO)C(O)C(O)CCC/C=C/CC/C=C/CCCCCCCCCCCCC. The Morgan fingerprint density at radius 1 is 0.462 bits per heavy atom. The van der Waals surface area contributed by atoms with Gasteiger partial charge >= 0.3 is 0 Å². The Bertz CT molecular complexity index is 828. The number of nitrogens with one attached hydrogen (secondary N) is 1. The average molecular weight is 734 g/mol. The van der Waals surface area contributed by atoms with Gasteiger partial charge in [0.15, 0.2) is 0 Å². The normalized spacial score (nSPS) is 14.5. The van der Waals surface area contributed by atoms with Gasteiger partial charge in [0.25, 0.3) is 0 Å². The number of rotatable bonds is 40. The van der Waals surface area contributed by atoms with Gasteiger partial charge in [0.1, 0.15) is 12.2 Å². The summed E-state index contributed by atoms with van der Waals surface area (Å²) in [7, 11) is 0. The second-order valence-corrected chi connectivity index (χ2v) is 15.4. The maximum Gasteiger partial charge on any atom is 0.249 e. The minimum absolute atomic E-state index is 0.353. The summed E-state index contributed by atoms with van der Waals surface area (Å²) >= 11 is 0. The Morgan fingerprint density at radius 3 is 1.21 bits per heavy atom. The molecule has 4 unspecified atom stereocenters. The molecule has 0 aromatic heterocycles. The molecule has 0 aromatic rings. The monoisotopic (exact) mass is 734 g/mol. The van der Waals surface area contributed by atoms with Gasteiger partial charge in [-0.2, -0.15) is 0 Å². The van der Waals surface area contributed by atoms with E-state index in [1.807, 2.05) is 0 Å². The van der Waals surface area contributed by atoms with Crippen molar-refractivity contribution in [3.63, 3.8) is 0 Å². The number of aliphatic hydroxyl groups excluding tert-OH is 4. The van der Waals surface area contributed by atoms with Gasteiger partial charge in [-0.25, -0.2) is 0 Å². The highest BCUT2D eigenvalue weighted by Crippen LogP contribution is 2.15. The number of unbranched alkanes of at least 4 members (excludes halogenated alkanes) is 25. The fraction of sp³-hybridized carbons (Fsp3) is 0.848. The summed E-state index contributed by atoms with van der Waals surface area (Å²) in [5, 5.41) is 43.6. The quantitative estimate of drug-likeness (QED) is 0.0318. The van der Waals surface area contributed by atoms with E-state index in [0.717, 1.165) is 51.4 Å². The molecule has 0 aliphatic rings. The molecule has 0 aliphatic heterocycles. The number of carbonyl (C=O) groups is 1. The number of hydrogen-bond donors (Lipinski definition) is 5. The minimum atomic E-state index is -1.29. The molecular formula is C46H87NO5. The van der Waals surface area contributed by atoms with Crippen molar-refractivity contribution in [2.45, 2.75) is 244 Å². The third-order valence-electron chi connectivity index (χ3n) is 10.3. The zero-order chi connectivity index (χ0) is 38.2. The molecule has 0 aromatic carbocycles. The van der Waals surface area contributed by atoms with Crippen LogP contribution < -0.4 is 5.32 Å². The zero-order valence-electron chi connectivity index (χ0n) is 34.3. The van der Waals surface area contributed by atoms with E-state index < -0.39 is 36.9 Å². The van der Waals surface area contributed by atoms with Crippen molar-refractivity contribution in [1.82, 2.24) is 5.32 Å². The molecule has 0 fully saturated rings. The van der Waals surface area contributed by atoms with Crippen LogP contribution in [0.3, 0.4) is 0 Å². The van der Waals surface area contributed by atoms with E-state index >= 15 is 0 Å². The number of aliphatic hydroxyl groups is 4. The topological polar surface area (TPSA) is 110 Å². The zero-order valence-corrected chi connectivity index (χ0v) is 34.3. The Balaban J connectivity index is 3.82. The highest BCUT2D eigenvalue weighted by Gasteiger charge is 2.28. The highest BCUT2D eigenvalue weighted by molar-refractivity contribution is 5.80. The second kappa shape index (κ2) is 40.7. The van der Waals surface area contributed by atoms with Gasteiger partial charge in [-0.1, -0.05) is 179 Å². The van der Waals surface area contributed by atoms with E-state index in [9.17, 15) is 25.2 Å². The molecule has 0 aliphatic carbocycles. The Hall–Kier alpha value is -1.47. The van der Waals surface area contributed by atoms with Crippen LogP contribution in [0.1, 0.15) is 219 Å². The highest BCUT2D eigenvalue weighted by atomic mass is 16.3. The molecule has 5 N–H and O–H groups in total. The van der Waals surface area contributed by atoms with E-state index in [1.165, 1.54) is 135 Å². The molecule has 0 saturated carbocycles. The molecule has 306 valence electrons. The Morgan fingerprint density at radius 2 is 0.808 bits per heavy atom. The number of hydrogen-bond acceptors (Lipinski definition) is 5. The summed E-state index contributed by atoms with van der Waals surface area (Å²) in [5.41, 5.74) is 0. The first kappa shape index (κ1) is 50.5. The van der Waals surface area contributed by atoms with E-state index in [-0.39, 0.29) is 0 Å². The van der Waals surface area contributed by atoms with Crippen LogP contribution in [-0.2, 0) is 4.79 Å². The Kier molecular flexibility index (Phi) is 39.6. The molecule has 1 amide bonds. The van der Waals surface area contributed by atoms with Crippen LogP contribution in [-0.4, -0.2) is 57.3 Å². The number of carbonyl (C=O) groups excluding carboxylic acids is 1. The van der Waals surface area contributed by atoms with Crippen molar-refractivity contribution < 1.29 is 25.2 Å². The van der Waals surface area contributed by atoms with Crippen molar-refractivity contribution >= 4 is 5.91 Å². The van der Waals surface area contributed by atoms with E-state index in [2.05, 4.69) is 55.6 Å². The van der Waals surface area contributed by atoms with E-state index in [1.54, 1.807) is 0 Å². The van der Waals surface area contributed by atoms with Gasteiger partial charge in [0.05, 0.1) is 18.8 Å². The lowest BCUT2D eigenvalue weighted by molar-refractivity contribution is -0.132. The van der Waals surface area contributed by atoms with Crippen LogP contribution in [0.2, 0.25) is 0 Å². The maximum absolute atomic E-state index is 12.5. The van der Waals surface area contributed by atoms with Crippen molar-refractivity contribution in [3.05, 3.63) is 36.5 Å². The van der Waals surface area contributed by atoms with Gasteiger partial charge < -0.3 is 25.7 Å². The molecule has 0 rings (SSSR count). The van der Waals surface area contributed by atoms with Gasteiger partial charge in [-0.15, -0.1) is 0 Å². The molecule has 0 heterocycles. The minimum Gasteiger partial charge on any atom is -0.394 e. The first-order valence-electron chi connectivity index (χ1n) is 22.4. The Labute approximate surface area is 322 Å². The fourth-order valence-corrected chi connectivity index (χ4v) is 6.71. The van der Waals surface area contributed by atoms with Crippen LogP contribution in [0.25, 0.3) is 0 Å². The molecule has 0 spiro atoms. The molecule has 6 nitrogen and oxygen atoms in total. The van der Waals surface area contributed by atoms with Crippen molar-refractivity contribution in [3.8, 4) is 0 Å². The summed E-state index contributed by atoms with van der Waals surface area (Å²) in [4.78, 5) is 12.5. The van der Waals surface area contributed by atoms with Crippen LogP contribution in [0, 0.1) is 0 Å². The van der Waals surface area contributed by atoms with E-state index in [0.29, 0.717) is 19.3 Å². The molecule has 0 saturated heterocycles. The lowest BCUT2D eigenvalue weighted by atomic mass is 10.00. The molecule has 6 heteroatoms. The molecular weight excluding hydrogens is 647 g/mol. The average Bonchev–Trinajstić information content (AvgIpc) is 3.15. The molecule has 0 bridgehead atoms. The number of allylic oxidation sites excluding steroid dienone is 6. The van der Waals surface area contributed by atoms with Crippen molar-refractivity contribution in [2.75, 3.05) is 6.61 Å².